The number of hydrogen-bond acceptors (Lipinski definition) is 3. The van der Waals surface area contributed by atoms with Crippen molar-refractivity contribution < 1.29 is 0 Å². The second-order valence-electron chi connectivity index (χ2n) is 5.45. The van der Waals surface area contributed by atoms with Gasteiger partial charge in [0.05, 0.1) is 6.04 Å². The molecule has 106 valence electrons. The summed E-state index contributed by atoms with van der Waals surface area (Å²) < 4.78 is 1.20. The van der Waals surface area contributed by atoms with Gasteiger partial charge in [0.2, 0.25) is 0 Å². The van der Waals surface area contributed by atoms with Gasteiger partial charge in [0.25, 0.3) is 0 Å². The van der Waals surface area contributed by atoms with Gasteiger partial charge in [-0.25, -0.2) is 0 Å². The summed E-state index contributed by atoms with van der Waals surface area (Å²) in [5, 5.41) is 3.33. The first-order valence-corrected chi connectivity index (χ1v) is 7.77. The Morgan fingerprint density at radius 1 is 1.37 bits per heavy atom. The average Bonchev–Trinajstić information content (AvgIpc) is 2.55. The van der Waals surface area contributed by atoms with Crippen molar-refractivity contribution in [2.24, 2.45) is 0 Å². The van der Waals surface area contributed by atoms with Crippen molar-refractivity contribution >= 4 is 21.6 Å². The molecule has 1 aromatic carbocycles. The van der Waals surface area contributed by atoms with Crippen LogP contribution in [-0.2, 0) is 0 Å². The number of nitrogens with one attached hydrogen (secondary N) is 1. The molecular formula is C15H24BrN3. The van der Waals surface area contributed by atoms with Gasteiger partial charge in [-0.3, -0.25) is 0 Å². The molecule has 0 aromatic heterocycles. The second-order valence-corrected chi connectivity index (χ2v) is 6.31. The van der Waals surface area contributed by atoms with Gasteiger partial charge < -0.3 is 15.1 Å². The van der Waals surface area contributed by atoms with Gasteiger partial charge in [-0.2, -0.15) is 0 Å². The van der Waals surface area contributed by atoms with Crippen LogP contribution in [0.15, 0.2) is 22.7 Å². The van der Waals surface area contributed by atoms with Crippen LogP contribution in [0.2, 0.25) is 0 Å². The molecule has 0 bridgehead atoms. The van der Waals surface area contributed by atoms with Crippen molar-refractivity contribution in [3.05, 3.63) is 28.2 Å². The number of aryl methyl sites for hydroxylation is 1. The fourth-order valence-corrected chi connectivity index (χ4v) is 3.12. The highest BCUT2D eigenvalue weighted by atomic mass is 79.9. The molecule has 1 aliphatic rings. The van der Waals surface area contributed by atoms with E-state index in [0.29, 0.717) is 6.04 Å². The SMILES string of the molecule is CNCC1CN(C)CCCN1c1ccc(C)c(Br)c1. The van der Waals surface area contributed by atoms with Crippen LogP contribution in [-0.4, -0.2) is 51.2 Å². The van der Waals surface area contributed by atoms with Crippen LogP contribution < -0.4 is 10.2 Å². The average molecular weight is 326 g/mol. The Labute approximate surface area is 125 Å². The molecule has 2 rings (SSSR count). The molecule has 1 N–H and O–H groups in total. The third-order valence-electron chi connectivity index (χ3n) is 3.83. The van der Waals surface area contributed by atoms with Crippen LogP contribution in [0.5, 0.6) is 0 Å². The highest BCUT2D eigenvalue weighted by molar-refractivity contribution is 9.10. The van der Waals surface area contributed by atoms with E-state index in [1.54, 1.807) is 0 Å². The number of halogens is 1. The fourth-order valence-electron chi connectivity index (χ4n) is 2.75. The lowest BCUT2D eigenvalue weighted by Crippen LogP contribution is -2.46. The molecule has 0 aliphatic carbocycles. The third-order valence-corrected chi connectivity index (χ3v) is 4.68. The molecule has 0 radical (unpaired) electrons. The van der Waals surface area contributed by atoms with E-state index in [2.05, 4.69) is 63.2 Å². The zero-order valence-corrected chi connectivity index (χ0v) is 13.7. The Kier molecular flexibility index (Phi) is 5.25. The number of likely N-dealkylation sites (N-methyl/N-ethyl adjacent to an activating group) is 2. The van der Waals surface area contributed by atoms with Crippen molar-refractivity contribution in [1.29, 1.82) is 0 Å². The van der Waals surface area contributed by atoms with Crippen LogP contribution in [0.1, 0.15) is 12.0 Å². The van der Waals surface area contributed by atoms with E-state index in [1.807, 2.05) is 7.05 Å². The van der Waals surface area contributed by atoms with Crippen LogP contribution >= 0.6 is 15.9 Å². The third kappa shape index (κ3) is 3.71. The fraction of sp³-hybridized carbons (Fsp3) is 0.600. The topological polar surface area (TPSA) is 18.5 Å². The summed E-state index contributed by atoms with van der Waals surface area (Å²) in [5.41, 5.74) is 2.62. The maximum Gasteiger partial charge on any atom is 0.0541 e. The van der Waals surface area contributed by atoms with E-state index in [0.717, 1.165) is 19.6 Å². The lowest BCUT2D eigenvalue weighted by Gasteiger charge is -2.33. The molecule has 1 aromatic rings. The van der Waals surface area contributed by atoms with Crippen molar-refractivity contribution in [1.82, 2.24) is 10.2 Å². The van der Waals surface area contributed by atoms with E-state index in [9.17, 15) is 0 Å². The van der Waals surface area contributed by atoms with E-state index in [-0.39, 0.29) is 0 Å². The van der Waals surface area contributed by atoms with Gasteiger partial charge in [-0.15, -0.1) is 0 Å². The predicted octanol–water partition coefficient (Wildman–Crippen LogP) is 2.49. The molecule has 1 unspecified atom stereocenters. The highest BCUT2D eigenvalue weighted by Gasteiger charge is 2.23. The van der Waals surface area contributed by atoms with E-state index >= 15 is 0 Å². The minimum Gasteiger partial charge on any atom is -0.366 e. The van der Waals surface area contributed by atoms with E-state index in [1.165, 1.54) is 28.7 Å². The van der Waals surface area contributed by atoms with Crippen LogP contribution in [0.3, 0.4) is 0 Å². The number of anilines is 1. The highest BCUT2D eigenvalue weighted by Crippen LogP contribution is 2.26. The smallest absolute Gasteiger partial charge is 0.0541 e. The van der Waals surface area contributed by atoms with Crippen LogP contribution in [0, 0.1) is 6.92 Å². The number of hydrogen-bond donors (Lipinski definition) is 1. The van der Waals surface area contributed by atoms with Gasteiger partial charge in [-0.05, 0) is 51.7 Å². The molecule has 4 heteroatoms. The van der Waals surface area contributed by atoms with Gasteiger partial charge in [0.1, 0.15) is 0 Å². The molecule has 1 heterocycles. The lowest BCUT2D eigenvalue weighted by molar-refractivity contribution is 0.328. The second kappa shape index (κ2) is 6.73. The maximum atomic E-state index is 3.65. The monoisotopic (exact) mass is 325 g/mol. The van der Waals surface area contributed by atoms with Gasteiger partial charge in [-0.1, -0.05) is 22.0 Å². The summed E-state index contributed by atoms with van der Waals surface area (Å²) >= 11 is 3.65. The van der Waals surface area contributed by atoms with E-state index in [4.69, 9.17) is 0 Å². The van der Waals surface area contributed by atoms with Crippen molar-refractivity contribution in [2.75, 3.05) is 45.2 Å². The molecule has 1 atom stereocenters. The Balaban J connectivity index is 2.24. The van der Waals surface area contributed by atoms with Gasteiger partial charge in [0.15, 0.2) is 0 Å². The Bertz CT molecular complexity index is 422. The van der Waals surface area contributed by atoms with Gasteiger partial charge >= 0.3 is 0 Å². The molecule has 1 aliphatic heterocycles. The minimum absolute atomic E-state index is 0.534. The van der Waals surface area contributed by atoms with Crippen molar-refractivity contribution in [3.63, 3.8) is 0 Å². The molecule has 0 spiro atoms. The first-order valence-electron chi connectivity index (χ1n) is 6.97. The predicted molar refractivity (Wildman–Crippen MR) is 86.1 cm³/mol. The Hall–Kier alpha value is -0.580. The lowest BCUT2D eigenvalue weighted by atomic mass is 10.1. The Morgan fingerprint density at radius 2 is 2.16 bits per heavy atom. The Morgan fingerprint density at radius 3 is 2.84 bits per heavy atom. The van der Waals surface area contributed by atoms with Crippen molar-refractivity contribution in [3.8, 4) is 0 Å². The number of nitrogens with zero attached hydrogens (tertiary/aromatic N) is 2. The molecule has 1 saturated heterocycles. The quantitative estimate of drug-likeness (QED) is 0.921. The molecule has 1 fully saturated rings. The molecular weight excluding hydrogens is 302 g/mol. The van der Waals surface area contributed by atoms with Gasteiger partial charge in [0, 0.05) is 29.8 Å². The zero-order valence-electron chi connectivity index (χ0n) is 12.1. The zero-order chi connectivity index (χ0) is 13.8. The normalized spacial score (nSPS) is 21.5. The summed E-state index contributed by atoms with van der Waals surface area (Å²) in [6, 6.07) is 7.23. The minimum atomic E-state index is 0.534. The summed E-state index contributed by atoms with van der Waals surface area (Å²) in [5.74, 6) is 0. The van der Waals surface area contributed by atoms with Crippen LogP contribution in [0.4, 0.5) is 5.69 Å². The standard InChI is InChI=1S/C15H24BrN3/c1-12-5-6-13(9-15(12)16)19-8-4-7-18(3)11-14(19)10-17-2/h5-6,9,14,17H,4,7-8,10-11H2,1-3H3. The van der Waals surface area contributed by atoms with Crippen LogP contribution in [0.25, 0.3) is 0 Å². The largest absolute Gasteiger partial charge is 0.366 e. The summed E-state index contributed by atoms with van der Waals surface area (Å²) in [4.78, 5) is 4.98. The number of rotatable bonds is 3. The number of benzene rings is 1. The van der Waals surface area contributed by atoms with Crippen molar-refractivity contribution in [2.45, 2.75) is 19.4 Å². The van der Waals surface area contributed by atoms with E-state index < -0.39 is 0 Å². The molecule has 0 amide bonds. The molecule has 0 saturated carbocycles. The summed E-state index contributed by atoms with van der Waals surface area (Å²) in [7, 11) is 4.26. The molecule has 19 heavy (non-hydrogen) atoms. The maximum absolute atomic E-state index is 3.65. The summed E-state index contributed by atoms with van der Waals surface area (Å²) in [6.45, 7) is 6.59. The summed E-state index contributed by atoms with van der Waals surface area (Å²) in [6.07, 6.45) is 1.22. The first-order chi connectivity index (χ1) is 9.11. The first kappa shape index (κ1) is 14.8. The molecule has 3 nitrogen and oxygen atoms in total.